The number of hydrogen-bond acceptors (Lipinski definition) is 3. The average molecular weight is 274 g/mol. The molecule has 4 heteroatoms. The van der Waals surface area contributed by atoms with Gasteiger partial charge in [-0.25, -0.2) is 0 Å². The van der Waals surface area contributed by atoms with Crippen LogP contribution in [0.5, 0.6) is 0 Å². The fourth-order valence-electron chi connectivity index (χ4n) is 2.20. The molecule has 1 N–H and O–H groups in total. The van der Waals surface area contributed by atoms with Crippen molar-refractivity contribution in [3.63, 3.8) is 0 Å². The van der Waals surface area contributed by atoms with Gasteiger partial charge in [0.15, 0.2) is 5.58 Å². The second-order valence-corrected chi connectivity index (χ2v) is 5.74. The summed E-state index contributed by atoms with van der Waals surface area (Å²) in [5.74, 6) is 0.661. The van der Waals surface area contributed by atoms with Gasteiger partial charge in [-0.15, -0.1) is 0 Å². The predicted molar refractivity (Wildman–Crippen MR) is 79.4 cm³/mol. The molecule has 1 amide bonds. The maximum Gasteiger partial charge on any atom is 0.226 e. The number of carbonyl (C=O) groups excluding carboxylic acids is 1. The minimum atomic E-state index is 0.000286. The average Bonchev–Trinajstić information content (AvgIpc) is 2.80. The number of carbonyl (C=O) groups is 1. The molecule has 4 nitrogen and oxygen atoms in total. The molecular weight excluding hydrogens is 252 g/mol. The minimum Gasteiger partial charge on any atom is -0.356 e. The number of amides is 1. The predicted octanol–water partition coefficient (Wildman–Crippen LogP) is 3.31. The monoisotopic (exact) mass is 274 g/mol. The molecule has 0 saturated carbocycles. The topological polar surface area (TPSA) is 55.1 Å². The fraction of sp³-hybridized carbons (Fsp3) is 0.500. The molecule has 1 atom stereocenters. The highest BCUT2D eigenvalue weighted by atomic mass is 16.5. The minimum absolute atomic E-state index is 0.000286. The van der Waals surface area contributed by atoms with Crippen molar-refractivity contribution < 1.29 is 9.32 Å². The zero-order chi connectivity index (χ0) is 14.5. The zero-order valence-electron chi connectivity index (χ0n) is 12.3. The van der Waals surface area contributed by atoms with E-state index in [1.165, 1.54) is 0 Å². The van der Waals surface area contributed by atoms with E-state index in [-0.39, 0.29) is 18.4 Å². The highest BCUT2D eigenvalue weighted by Crippen LogP contribution is 2.18. The summed E-state index contributed by atoms with van der Waals surface area (Å²) >= 11 is 0. The summed E-state index contributed by atoms with van der Waals surface area (Å²) in [6, 6.07) is 7.80. The summed E-state index contributed by atoms with van der Waals surface area (Å²) in [4.78, 5) is 12.0. The summed E-state index contributed by atoms with van der Waals surface area (Å²) in [6.45, 7) is 6.42. The van der Waals surface area contributed by atoms with Crippen LogP contribution in [0.4, 0.5) is 0 Å². The number of benzene rings is 1. The summed E-state index contributed by atoms with van der Waals surface area (Å²) < 4.78 is 5.20. The van der Waals surface area contributed by atoms with Gasteiger partial charge in [0.25, 0.3) is 0 Å². The molecule has 0 spiro atoms. The van der Waals surface area contributed by atoms with Crippen molar-refractivity contribution >= 4 is 16.9 Å². The van der Waals surface area contributed by atoms with E-state index in [9.17, 15) is 4.79 Å². The molecule has 1 aromatic heterocycles. The Balaban J connectivity index is 1.91. The van der Waals surface area contributed by atoms with Crippen LogP contribution in [-0.2, 0) is 11.2 Å². The Morgan fingerprint density at radius 3 is 2.75 bits per heavy atom. The molecule has 20 heavy (non-hydrogen) atoms. The largest absolute Gasteiger partial charge is 0.356 e. The van der Waals surface area contributed by atoms with E-state index in [1.54, 1.807) is 0 Å². The van der Waals surface area contributed by atoms with Crippen LogP contribution < -0.4 is 5.32 Å². The molecule has 0 aliphatic carbocycles. The summed E-state index contributed by atoms with van der Waals surface area (Å²) in [5, 5.41) is 7.91. The first-order valence-corrected chi connectivity index (χ1v) is 7.19. The van der Waals surface area contributed by atoms with E-state index >= 15 is 0 Å². The van der Waals surface area contributed by atoms with E-state index in [2.05, 4.69) is 24.3 Å². The van der Waals surface area contributed by atoms with Crippen molar-refractivity contribution in [1.29, 1.82) is 0 Å². The second-order valence-electron chi connectivity index (χ2n) is 5.74. The Bertz CT molecular complexity index is 575. The van der Waals surface area contributed by atoms with Gasteiger partial charge in [0.1, 0.15) is 5.69 Å². The number of nitrogens with zero attached hydrogens (tertiary/aromatic N) is 1. The number of hydrogen-bond donors (Lipinski definition) is 1. The van der Waals surface area contributed by atoms with Crippen LogP contribution in [0, 0.1) is 5.92 Å². The van der Waals surface area contributed by atoms with Gasteiger partial charge >= 0.3 is 0 Å². The first kappa shape index (κ1) is 14.6. The van der Waals surface area contributed by atoms with Gasteiger partial charge in [-0.05, 0) is 37.8 Å². The molecule has 2 aromatic rings. The Morgan fingerprint density at radius 1 is 1.25 bits per heavy atom. The summed E-state index contributed by atoms with van der Waals surface area (Å²) in [7, 11) is 0. The lowest BCUT2D eigenvalue weighted by atomic mass is 10.0. The number of aromatic nitrogens is 1. The van der Waals surface area contributed by atoms with E-state index < -0.39 is 0 Å². The number of para-hydroxylation sites is 1. The smallest absolute Gasteiger partial charge is 0.226 e. The molecule has 1 heterocycles. The highest BCUT2D eigenvalue weighted by molar-refractivity contribution is 5.86. The van der Waals surface area contributed by atoms with Gasteiger partial charge < -0.3 is 9.84 Å². The molecular formula is C16H22N2O2. The van der Waals surface area contributed by atoms with Crippen molar-refractivity contribution in [3.05, 3.63) is 30.0 Å². The Hall–Kier alpha value is -1.84. The van der Waals surface area contributed by atoms with Crippen LogP contribution in [0.2, 0.25) is 0 Å². The zero-order valence-corrected chi connectivity index (χ0v) is 12.3. The van der Waals surface area contributed by atoms with Crippen LogP contribution in [0.25, 0.3) is 11.0 Å². The van der Waals surface area contributed by atoms with E-state index in [1.807, 2.05) is 31.2 Å². The normalized spacial score (nSPS) is 12.8. The van der Waals surface area contributed by atoms with Gasteiger partial charge in [0.05, 0.1) is 6.42 Å². The molecule has 0 bridgehead atoms. The van der Waals surface area contributed by atoms with Crippen molar-refractivity contribution in [2.75, 3.05) is 0 Å². The SMILES string of the molecule is CC(C)CCC(C)NC(=O)Cc1noc2ccccc12. The first-order valence-electron chi connectivity index (χ1n) is 7.19. The maximum atomic E-state index is 12.0. The van der Waals surface area contributed by atoms with Crippen molar-refractivity contribution in [1.82, 2.24) is 10.5 Å². The third kappa shape index (κ3) is 3.83. The van der Waals surface area contributed by atoms with Crippen molar-refractivity contribution in [2.45, 2.75) is 46.1 Å². The molecule has 0 fully saturated rings. The molecule has 0 aliphatic rings. The van der Waals surface area contributed by atoms with Gasteiger partial charge in [-0.3, -0.25) is 4.79 Å². The molecule has 1 aromatic carbocycles. The lowest BCUT2D eigenvalue weighted by Gasteiger charge is -2.14. The second kappa shape index (κ2) is 6.55. The molecule has 0 saturated heterocycles. The van der Waals surface area contributed by atoms with Crippen LogP contribution in [-0.4, -0.2) is 17.1 Å². The number of rotatable bonds is 6. The van der Waals surface area contributed by atoms with Crippen LogP contribution in [0.15, 0.2) is 28.8 Å². The van der Waals surface area contributed by atoms with Gasteiger partial charge in [0, 0.05) is 11.4 Å². The molecule has 108 valence electrons. The Morgan fingerprint density at radius 2 is 2.00 bits per heavy atom. The summed E-state index contributed by atoms with van der Waals surface area (Å²) in [5.41, 5.74) is 1.43. The quantitative estimate of drug-likeness (QED) is 0.879. The van der Waals surface area contributed by atoms with E-state index in [0.717, 1.165) is 23.8 Å². The number of fused-ring (bicyclic) bond motifs is 1. The van der Waals surface area contributed by atoms with Crippen LogP contribution in [0.1, 0.15) is 39.3 Å². The maximum absolute atomic E-state index is 12.0. The lowest BCUT2D eigenvalue weighted by Crippen LogP contribution is -2.34. The van der Waals surface area contributed by atoms with Crippen LogP contribution >= 0.6 is 0 Å². The Labute approximate surface area is 119 Å². The molecule has 0 radical (unpaired) electrons. The standard InChI is InChI=1S/C16H22N2O2/c1-11(2)8-9-12(3)17-16(19)10-14-13-6-4-5-7-15(13)20-18-14/h4-7,11-12H,8-10H2,1-3H3,(H,17,19). The van der Waals surface area contributed by atoms with Gasteiger partial charge in [0.2, 0.25) is 5.91 Å². The Kier molecular flexibility index (Phi) is 4.77. The molecule has 2 rings (SSSR count). The van der Waals surface area contributed by atoms with Crippen molar-refractivity contribution in [3.8, 4) is 0 Å². The lowest BCUT2D eigenvalue weighted by molar-refractivity contribution is -0.121. The first-order chi connectivity index (χ1) is 9.56. The fourth-order valence-corrected chi connectivity index (χ4v) is 2.20. The highest BCUT2D eigenvalue weighted by Gasteiger charge is 2.13. The van der Waals surface area contributed by atoms with Crippen LogP contribution in [0.3, 0.4) is 0 Å². The van der Waals surface area contributed by atoms with Crippen molar-refractivity contribution in [2.24, 2.45) is 5.92 Å². The number of nitrogens with one attached hydrogen (secondary N) is 1. The third-order valence-corrected chi connectivity index (χ3v) is 3.36. The molecule has 0 aliphatic heterocycles. The molecule has 1 unspecified atom stereocenters. The third-order valence-electron chi connectivity index (χ3n) is 3.36. The summed E-state index contributed by atoms with van der Waals surface area (Å²) in [6.07, 6.45) is 2.39. The van der Waals surface area contributed by atoms with Gasteiger partial charge in [-0.2, -0.15) is 0 Å². The van der Waals surface area contributed by atoms with E-state index in [0.29, 0.717) is 11.6 Å². The van der Waals surface area contributed by atoms with E-state index in [4.69, 9.17) is 4.52 Å². The van der Waals surface area contributed by atoms with Gasteiger partial charge in [-0.1, -0.05) is 31.1 Å².